The minimum Gasteiger partial charge on any atom is -0.420 e. The van der Waals surface area contributed by atoms with Gasteiger partial charge >= 0.3 is 5.57 Å². The number of H-pyrrole nitrogens is 1. The van der Waals surface area contributed by atoms with E-state index in [0.29, 0.717) is 23.0 Å². The second-order valence-electron chi connectivity index (χ2n) is 9.09. The Bertz CT molecular complexity index is 1190. The average Bonchev–Trinajstić information content (AvgIpc) is 3.44. The first-order valence-corrected chi connectivity index (χ1v) is 12.6. The zero-order valence-corrected chi connectivity index (χ0v) is 20.8. The second kappa shape index (κ2) is 11.0. The number of piperazine rings is 1. The van der Waals surface area contributed by atoms with Crippen LogP contribution >= 0.6 is 11.6 Å². The number of hydrogen-bond donors (Lipinski definition) is 3. The fourth-order valence-corrected chi connectivity index (χ4v) is 4.95. The predicted octanol–water partition coefficient (Wildman–Crippen LogP) is 3.77. The number of nitrogens with one attached hydrogen (secondary N) is 3. The zero-order chi connectivity index (χ0) is 25.8. The fourth-order valence-electron chi connectivity index (χ4n) is 4.87. The molecule has 196 valence electrons. The summed E-state index contributed by atoms with van der Waals surface area (Å²) in [5.74, 6) is 0.293. The molecule has 0 saturated carbocycles. The van der Waals surface area contributed by atoms with Gasteiger partial charge in [0.15, 0.2) is 0 Å². The molecule has 0 atom stereocenters. The van der Waals surface area contributed by atoms with E-state index < -0.39 is 5.57 Å². The van der Waals surface area contributed by atoms with Crippen molar-refractivity contribution in [2.45, 2.75) is 24.5 Å². The van der Waals surface area contributed by atoms with Crippen LogP contribution in [0, 0.1) is 0 Å². The largest absolute Gasteiger partial charge is 0.487 e. The predicted molar refractivity (Wildman–Crippen MR) is 137 cm³/mol. The van der Waals surface area contributed by atoms with Crippen LogP contribution in [0.3, 0.4) is 0 Å². The summed E-state index contributed by atoms with van der Waals surface area (Å²) in [5.41, 5.74) is -1.57. The van der Waals surface area contributed by atoms with Crippen molar-refractivity contribution in [3.05, 3.63) is 54.4 Å². The topological polar surface area (TPSA) is 98.4 Å². The molecule has 37 heavy (non-hydrogen) atoms. The molecule has 4 heterocycles. The molecule has 0 bridgehead atoms. The van der Waals surface area contributed by atoms with Gasteiger partial charge in [-0.3, -0.25) is 14.8 Å². The molecule has 2 aromatic heterocycles. The fraction of sp³-hybridized carbons (Fsp3) is 0.400. The van der Waals surface area contributed by atoms with E-state index in [1.807, 2.05) is 6.07 Å². The maximum absolute atomic E-state index is 13.0. The van der Waals surface area contributed by atoms with Crippen LogP contribution in [-0.4, -0.2) is 76.9 Å². The van der Waals surface area contributed by atoms with Gasteiger partial charge in [-0.2, -0.15) is 5.10 Å². The Hall–Kier alpha value is -3.28. The minimum absolute atomic E-state index is 0.120. The Kier molecular flexibility index (Phi) is 7.54. The number of anilines is 2. The normalized spacial score (nSPS) is 17.5. The van der Waals surface area contributed by atoms with E-state index in [1.165, 1.54) is 24.3 Å². The van der Waals surface area contributed by atoms with Crippen molar-refractivity contribution in [1.82, 2.24) is 25.4 Å². The standard InChI is InChI=1S/C25H28ClF2N7O2/c26-25(27,28)37-20-3-1-18(2-4-20)32-24(36)17-15-21(22-5-8-31-33-22)23(30-16-17)35-11-6-19(7-12-35)34-13-9-29-10-14-34/h1-5,8,15-16,19,29H,6-7,9-14H2,(H,31,33)(H,32,36). The summed E-state index contributed by atoms with van der Waals surface area (Å²) >= 11 is 4.79. The number of hydrogen-bond acceptors (Lipinski definition) is 7. The third kappa shape index (κ3) is 6.35. The summed E-state index contributed by atoms with van der Waals surface area (Å²) in [5, 5.41) is 13.3. The Labute approximate surface area is 218 Å². The highest BCUT2D eigenvalue weighted by atomic mass is 35.5. The molecule has 5 rings (SSSR count). The van der Waals surface area contributed by atoms with Crippen molar-refractivity contribution >= 4 is 29.0 Å². The van der Waals surface area contributed by atoms with E-state index in [2.05, 4.69) is 40.4 Å². The van der Waals surface area contributed by atoms with Crippen LogP contribution in [0.25, 0.3) is 11.3 Å². The van der Waals surface area contributed by atoms with E-state index in [9.17, 15) is 13.6 Å². The van der Waals surface area contributed by atoms with Crippen LogP contribution in [0.4, 0.5) is 20.3 Å². The molecule has 12 heteroatoms. The number of carbonyl (C=O) groups is 1. The molecule has 2 saturated heterocycles. The van der Waals surface area contributed by atoms with Crippen LogP contribution in [0.1, 0.15) is 23.2 Å². The Morgan fingerprint density at radius 3 is 2.49 bits per heavy atom. The smallest absolute Gasteiger partial charge is 0.420 e. The van der Waals surface area contributed by atoms with Crippen molar-refractivity contribution in [3.8, 4) is 17.0 Å². The molecule has 3 aromatic rings. The van der Waals surface area contributed by atoms with Crippen LogP contribution in [-0.2, 0) is 0 Å². The van der Waals surface area contributed by atoms with Crippen LogP contribution in [0.15, 0.2) is 48.8 Å². The first-order chi connectivity index (χ1) is 17.9. The van der Waals surface area contributed by atoms with Gasteiger partial charge in [-0.1, -0.05) is 0 Å². The highest BCUT2D eigenvalue weighted by Crippen LogP contribution is 2.32. The van der Waals surface area contributed by atoms with E-state index in [1.54, 1.807) is 18.5 Å². The molecule has 9 nitrogen and oxygen atoms in total. The molecular weight excluding hydrogens is 504 g/mol. The van der Waals surface area contributed by atoms with Gasteiger partial charge in [0.1, 0.15) is 11.6 Å². The summed E-state index contributed by atoms with van der Waals surface area (Å²) in [6, 6.07) is 9.70. The van der Waals surface area contributed by atoms with Crippen LogP contribution in [0.5, 0.6) is 5.75 Å². The molecule has 2 aliphatic heterocycles. The zero-order valence-electron chi connectivity index (χ0n) is 20.1. The first kappa shape index (κ1) is 25.4. The van der Waals surface area contributed by atoms with E-state index in [-0.39, 0.29) is 11.7 Å². The third-order valence-corrected chi connectivity index (χ3v) is 6.76. The maximum atomic E-state index is 13.0. The monoisotopic (exact) mass is 531 g/mol. The number of carbonyl (C=O) groups excluding carboxylic acids is 1. The van der Waals surface area contributed by atoms with Gasteiger partial charge in [-0.15, -0.1) is 8.78 Å². The van der Waals surface area contributed by atoms with Crippen molar-refractivity contribution in [1.29, 1.82) is 0 Å². The van der Waals surface area contributed by atoms with E-state index >= 15 is 0 Å². The lowest BCUT2D eigenvalue weighted by molar-refractivity contribution is -0.0964. The van der Waals surface area contributed by atoms with Crippen molar-refractivity contribution in [2.75, 3.05) is 49.5 Å². The average molecular weight is 532 g/mol. The van der Waals surface area contributed by atoms with Gasteiger partial charge in [-0.05, 0) is 49.2 Å². The SMILES string of the molecule is O=C(Nc1ccc(OC(F)(F)Cl)cc1)c1cnc(N2CCC(N3CCNCC3)CC2)c(-c2cc[nH]n2)c1. The van der Waals surface area contributed by atoms with E-state index in [0.717, 1.165) is 63.5 Å². The van der Waals surface area contributed by atoms with Crippen molar-refractivity contribution in [2.24, 2.45) is 0 Å². The van der Waals surface area contributed by atoms with E-state index in [4.69, 9.17) is 11.6 Å². The molecule has 1 amide bonds. The maximum Gasteiger partial charge on any atom is 0.487 e. The number of rotatable bonds is 7. The number of alkyl halides is 3. The molecular formula is C25H28ClF2N7O2. The summed E-state index contributed by atoms with van der Waals surface area (Å²) in [6.07, 6.45) is 5.39. The van der Waals surface area contributed by atoms with Gasteiger partial charge in [0.25, 0.3) is 5.91 Å². The van der Waals surface area contributed by atoms with Gasteiger partial charge in [-0.25, -0.2) is 4.98 Å². The number of piperidine rings is 1. The Balaban J connectivity index is 1.30. The second-order valence-corrected chi connectivity index (χ2v) is 9.53. The Morgan fingerprint density at radius 2 is 1.84 bits per heavy atom. The number of ether oxygens (including phenoxy) is 1. The van der Waals surface area contributed by atoms with Crippen LogP contribution in [0.2, 0.25) is 0 Å². The lowest BCUT2D eigenvalue weighted by Gasteiger charge is -2.41. The molecule has 0 unspecified atom stereocenters. The molecule has 0 aliphatic carbocycles. The van der Waals surface area contributed by atoms with Crippen LogP contribution < -0.4 is 20.3 Å². The number of amides is 1. The van der Waals surface area contributed by atoms with Crippen molar-refractivity contribution in [3.63, 3.8) is 0 Å². The molecule has 0 spiro atoms. The quantitative estimate of drug-likeness (QED) is 0.399. The summed E-state index contributed by atoms with van der Waals surface area (Å²) in [4.78, 5) is 22.5. The van der Waals surface area contributed by atoms with Crippen molar-refractivity contribution < 1.29 is 18.3 Å². The molecule has 3 N–H and O–H groups in total. The summed E-state index contributed by atoms with van der Waals surface area (Å²) in [7, 11) is 0. The summed E-state index contributed by atoms with van der Waals surface area (Å²) < 4.78 is 29.9. The minimum atomic E-state index is -3.80. The number of aromatic nitrogens is 3. The van der Waals surface area contributed by atoms with Gasteiger partial charge in [0.2, 0.25) is 0 Å². The lowest BCUT2D eigenvalue weighted by Crippen LogP contribution is -2.52. The number of halogens is 3. The highest BCUT2D eigenvalue weighted by molar-refractivity contribution is 6.20. The van der Waals surface area contributed by atoms with Gasteiger partial charge in [0, 0.05) is 80.6 Å². The lowest BCUT2D eigenvalue weighted by atomic mass is 10.0. The first-order valence-electron chi connectivity index (χ1n) is 12.2. The number of benzene rings is 1. The number of aromatic amines is 1. The number of pyridine rings is 1. The molecule has 1 aromatic carbocycles. The highest BCUT2D eigenvalue weighted by Gasteiger charge is 2.29. The number of nitrogens with zero attached hydrogens (tertiary/aromatic N) is 4. The molecule has 2 aliphatic rings. The van der Waals surface area contributed by atoms with Gasteiger partial charge in [0.05, 0.1) is 11.3 Å². The summed E-state index contributed by atoms with van der Waals surface area (Å²) in [6.45, 7) is 5.99. The Morgan fingerprint density at radius 1 is 1.11 bits per heavy atom. The third-order valence-electron chi connectivity index (χ3n) is 6.68. The van der Waals surface area contributed by atoms with Gasteiger partial charge < -0.3 is 20.3 Å². The molecule has 2 fully saturated rings. The molecule has 0 radical (unpaired) electrons.